The Bertz CT molecular complexity index is 803. The number of carbonyl (C=O) groups is 1. The minimum absolute atomic E-state index is 0.103. The van der Waals surface area contributed by atoms with E-state index in [1.807, 2.05) is 0 Å². The molecule has 5 nitrogen and oxygen atoms in total. The van der Waals surface area contributed by atoms with Gasteiger partial charge in [-0.3, -0.25) is 4.79 Å². The average molecular weight is 350 g/mol. The number of nitrogens with one attached hydrogen (secondary N) is 1. The van der Waals surface area contributed by atoms with Crippen LogP contribution in [0, 0.1) is 5.82 Å². The highest BCUT2D eigenvalue weighted by Crippen LogP contribution is 2.16. The van der Waals surface area contributed by atoms with E-state index in [2.05, 4.69) is 4.72 Å². The molecule has 0 aliphatic heterocycles. The Morgan fingerprint density at radius 2 is 1.67 bits per heavy atom. The van der Waals surface area contributed by atoms with E-state index < -0.39 is 10.0 Å². The molecular formula is C17H19FN2O3S. The minimum Gasteiger partial charge on any atom is -0.315 e. The van der Waals surface area contributed by atoms with Gasteiger partial charge in [-0.1, -0.05) is 12.1 Å². The van der Waals surface area contributed by atoms with E-state index in [0.717, 1.165) is 5.56 Å². The predicted molar refractivity (Wildman–Crippen MR) is 90.8 cm³/mol. The van der Waals surface area contributed by atoms with Crippen LogP contribution in [-0.2, 0) is 21.2 Å². The molecule has 0 unspecified atom stereocenters. The van der Waals surface area contributed by atoms with Crippen molar-refractivity contribution in [2.45, 2.75) is 17.7 Å². The van der Waals surface area contributed by atoms with Crippen LogP contribution in [-0.4, -0.2) is 28.4 Å². The fourth-order valence-electron chi connectivity index (χ4n) is 2.18. The van der Waals surface area contributed by atoms with Crippen molar-refractivity contribution in [2.24, 2.45) is 0 Å². The molecule has 0 aromatic heterocycles. The number of hydrogen-bond acceptors (Lipinski definition) is 3. The lowest BCUT2D eigenvalue weighted by atomic mass is 10.1. The quantitative estimate of drug-likeness (QED) is 0.869. The Kier molecular flexibility index (Phi) is 5.69. The second kappa shape index (κ2) is 7.55. The normalized spacial score (nSPS) is 11.3. The lowest BCUT2D eigenvalue weighted by Gasteiger charge is -2.17. The molecule has 0 saturated carbocycles. The van der Waals surface area contributed by atoms with E-state index >= 15 is 0 Å². The van der Waals surface area contributed by atoms with Gasteiger partial charge in [-0.15, -0.1) is 0 Å². The second-order valence-corrected chi connectivity index (χ2v) is 7.17. The van der Waals surface area contributed by atoms with Crippen molar-refractivity contribution in [3.05, 3.63) is 59.9 Å². The molecule has 0 bridgehead atoms. The highest BCUT2D eigenvalue weighted by molar-refractivity contribution is 7.89. The fraction of sp³-hybridized carbons (Fsp3) is 0.235. The van der Waals surface area contributed by atoms with Gasteiger partial charge >= 0.3 is 0 Å². The molecule has 0 radical (unpaired) electrons. The van der Waals surface area contributed by atoms with E-state index in [4.69, 9.17) is 0 Å². The number of halogens is 1. The maximum absolute atomic E-state index is 12.9. The summed E-state index contributed by atoms with van der Waals surface area (Å²) in [5.41, 5.74) is 1.49. The third kappa shape index (κ3) is 4.39. The topological polar surface area (TPSA) is 66.5 Å². The van der Waals surface area contributed by atoms with Crippen molar-refractivity contribution in [2.75, 3.05) is 19.0 Å². The summed E-state index contributed by atoms with van der Waals surface area (Å²) in [5.74, 6) is -0.454. The Balaban J connectivity index is 1.97. The average Bonchev–Trinajstić information content (AvgIpc) is 2.60. The molecule has 2 rings (SSSR count). The molecule has 24 heavy (non-hydrogen) atoms. The van der Waals surface area contributed by atoms with Gasteiger partial charge in [0.05, 0.1) is 4.90 Å². The number of rotatable bonds is 6. The summed E-state index contributed by atoms with van der Waals surface area (Å²) in [6.07, 6.45) is 0.760. The van der Waals surface area contributed by atoms with Crippen molar-refractivity contribution in [1.29, 1.82) is 0 Å². The van der Waals surface area contributed by atoms with Crippen LogP contribution in [0.25, 0.3) is 0 Å². The molecule has 0 fully saturated rings. The van der Waals surface area contributed by atoms with Gasteiger partial charge in [-0.25, -0.2) is 17.5 Å². The van der Waals surface area contributed by atoms with Gasteiger partial charge in [0.15, 0.2) is 0 Å². The SMILES string of the molecule is CNS(=O)(=O)c1ccc(CCC(=O)N(C)c2ccc(F)cc2)cc1. The number of benzene rings is 2. The van der Waals surface area contributed by atoms with Gasteiger partial charge < -0.3 is 4.90 Å². The number of sulfonamides is 1. The van der Waals surface area contributed by atoms with E-state index in [1.165, 1.54) is 36.2 Å². The lowest BCUT2D eigenvalue weighted by molar-refractivity contribution is -0.118. The largest absolute Gasteiger partial charge is 0.315 e. The maximum atomic E-state index is 12.9. The van der Waals surface area contributed by atoms with Crippen LogP contribution in [0.5, 0.6) is 0 Å². The van der Waals surface area contributed by atoms with Gasteiger partial charge in [-0.2, -0.15) is 0 Å². The van der Waals surface area contributed by atoms with Crippen LogP contribution in [0.15, 0.2) is 53.4 Å². The number of aryl methyl sites for hydroxylation is 1. The standard InChI is InChI=1S/C17H19FN2O3S/c1-19-24(22,23)16-10-3-13(4-11-16)5-12-17(21)20(2)15-8-6-14(18)7-9-15/h3-4,6-11,19H,5,12H2,1-2H3. The van der Waals surface area contributed by atoms with Gasteiger partial charge in [0, 0.05) is 19.2 Å². The molecule has 2 aromatic rings. The zero-order valence-corrected chi connectivity index (χ0v) is 14.3. The molecule has 0 aliphatic carbocycles. The van der Waals surface area contributed by atoms with Crippen LogP contribution < -0.4 is 9.62 Å². The van der Waals surface area contributed by atoms with Crippen molar-refractivity contribution in [1.82, 2.24) is 4.72 Å². The molecule has 128 valence electrons. The molecule has 7 heteroatoms. The van der Waals surface area contributed by atoms with Crippen molar-refractivity contribution < 1.29 is 17.6 Å². The first kappa shape index (κ1) is 18.1. The summed E-state index contributed by atoms with van der Waals surface area (Å²) in [6.45, 7) is 0. The van der Waals surface area contributed by atoms with E-state index in [1.54, 1.807) is 31.3 Å². The molecule has 1 N–H and O–H groups in total. The first-order valence-corrected chi connectivity index (χ1v) is 8.86. The van der Waals surface area contributed by atoms with Gasteiger partial charge in [0.25, 0.3) is 0 Å². The number of anilines is 1. The van der Waals surface area contributed by atoms with E-state index in [9.17, 15) is 17.6 Å². The lowest BCUT2D eigenvalue weighted by Crippen LogP contribution is -2.26. The third-order valence-electron chi connectivity index (χ3n) is 3.72. The summed E-state index contributed by atoms with van der Waals surface area (Å²) in [4.78, 5) is 13.9. The Morgan fingerprint density at radius 3 is 2.21 bits per heavy atom. The van der Waals surface area contributed by atoms with Crippen LogP contribution in [0.1, 0.15) is 12.0 Å². The number of nitrogens with zero attached hydrogens (tertiary/aromatic N) is 1. The minimum atomic E-state index is -3.46. The molecule has 0 atom stereocenters. The predicted octanol–water partition coefficient (Wildman–Crippen LogP) is 2.33. The van der Waals surface area contributed by atoms with Gasteiger partial charge in [0.2, 0.25) is 15.9 Å². The van der Waals surface area contributed by atoms with Crippen LogP contribution >= 0.6 is 0 Å². The highest BCUT2D eigenvalue weighted by atomic mass is 32.2. The number of amides is 1. The van der Waals surface area contributed by atoms with E-state index in [-0.39, 0.29) is 23.0 Å². The molecule has 0 saturated heterocycles. The fourth-order valence-corrected chi connectivity index (χ4v) is 2.91. The van der Waals surface area contributed by atoms with Crippen molar-refractivity contribution in [3.63, 3.8) is 0 Å². The molecule has 0 spiro atoms. The number of carbonyl (C=O) groups excluding carboxylic acids is 1. The summed E-state index contributed by atoms with van der Waals surface area (Å²) >= 11 is 0. The smallest absolute Gasteiger partial charge is 0.240 e. The van der Waals surface area contributed by atoms with Crippen LogP contribution in [0.4, 0.5) is 10.1 Å². The zero-order valence-electron chi connectivity index (χ0n) is 13.5. The zero-order chi connectivity index (χ0) is 17.7. The van der Waals surface area contributed by atoms with Crippen molar-refractivity contribution >= 4 is 21.6 Å². The first-order valence-electron chi connectivity index (χ1n) is 7.38. The summed E-state index contributed by atoms with van der Waals surface area (Å²) in [6, 6.07) is 12.1. The summed E-state index contributed by atoms with van der Waals surface area (Å²) in [5, 5.41) is 0. The van der Waals surface area contributed by atoms with Crippen LogP contribution in [0.2, 0.25) is 0 Å². The monoisotopic (exact) mass is 350 g/mol. The summed E-state index contributed by atoms with van der Waals surface area (Å²) in [7, 11) is -0.464. The van der Waals surface area contributed by atoms with Crippen LogP contribution in [0.3, 0.4) is 0 Å². The van der Waals surface area contributed by atoms with Gasteiger partial charge in [-0.05, 0) is 55.4 Å². The second-order valence-electron chi connectivity index (χ2n) is 5.28. The highest BCUT2D eigenvalue weighted by Gasteiger charge is 2.13. The molecule has 0 aliphatic rings. The first-order chi connectivity index (χ1) is 11.3. The molecular weight excluding hydrogens is 331 g/mol. The molecule has 0 heterocycles. The Hall–Kier alpha value is -2.25. The maximum Gasteiger partial charge on any atom is 0.240 e. The molecule has 1 amide bonds. The van der Waals surface area contributed by atoms with Gasteiger partial charge in [0.1, 0.15) is 5.82 Å². The summed E-state index contributed by atoms with van der Waals surface area (Å²) < 4.78 is 38.5. The van der Waals surface area contributed by atoms with E-state index in [0.29, 0.717) is 12.1 Å². The Morgan fingerprint density at radius 1 is 1.08 bits per heavy atom. The van der Waals surface area contributed by atoms with Crippen molar-refractivity contribution in [3.8, 4) is 0 Å². The Labute approximate surface area is 141 Å². The third-order valence-corrected chi connectivity index (χ3v) is 5.15. The number of hydrogen-bond donors (Lipinski definition) is 1. The molecule has 2 aromatic carbocycles.